The maximum absolute atomic E-state index is 12.6. The molecule has 3 N–H and O–H groups in total. The predicted octanol–water partition coefficient (Wildman–Crippen LogP) is 2.49. The topological polar surface area (TPSA) is 113 Å². The highest BCUT2D eigenvalue weighted by Crippen LogP contribution is 2.20. The Morgan fingerprint density at radius 2 is 1.70 bits per heavy atom. The van der Waals surface area contributed by atoms with Gasteiger partial charge in [0.05, 0.1) is 11.3 Å². The molecule has 0 atom stereocenters. The highest BCUT2D eigenvalue weighted by atomic mass is 32.1. The van der Waals surface area contributed by atoms with Crippen molar-refractivity contribution in [2.45, 2.75) is 45.1 Å². The van der Waals surface area contributed by atoms with Gasteiger partial charge in [0.15, 0.2) is 0 Å². The SMILES string of the molecule is Cc1nnc(NC(=O)C(=O)Nc2ccccc2C(=O)NC2CCCCC2)s1. The summed E-state index contributed by atoms with van der Waals surface area (Å²) < 4.78 is 0. The lowest BCUT2D eigenvalue weighted by atomic mass is 9.95. The van der Waals surface area contributed by atoms with Gasteiger partial charge in [0.25, 0.3) is 5.91 Å². The fraction of sp³-hybridized carbons (Fsp3) is 0.389. The number of para-hydroxylation sites is 1. The van der Waals surface area contributed by atoms with Crippen LogP contribution >= 0.6 is 11.3 Å². The van der Waals surface area contributed by atoms with Gasteiger partial charge in [-0.05, 0) is 31.9 Å². The van der Waals surface area contributed by atoms with E-state index in [2.05, 4.69) is 26.1 Å². The number of rotatable bonds is 4. The van der Waals surface area contributed by atoms with Crippen LogP contribution in [-0.4, -0.2) is 34.0 Å². The summed E-state index contributed by atoms with van der Waals surface area (Å²) in [5.41, 5.74) is 0.621. The number of aryl methyl sites for hydroxylation is 1. The number of nitrogens with one attached hydrogen (secondary N) is 3. The van der Waals surface area contributed by atoms with Gasteiger partial charge in [-0.25, -0.2) is 0 Å². The Balaban J connectivity index is 1.64. The molecule has 9 heteroatoms. The molecule has 0 unspecified atom stereocenters. The molecule has 1 saturated carbocycles. The van der Waals surface area contributed by atoms with Crippen molar-refractivity contribution in [3.05, 3.63) is 34.8 Å². The molecule has 0 spiro atoms. The molecule has 3 amide bonds. The summed E-state index contributed by atoms with van der Waals surface area (Å²) in [5.74, 6) is -1.99. The van der Waals surface area contributed by atoms with Crippen molar-refractivity contribution < 1.29 is 14.4 Å². The van der Waals surface area contributed by atoms with E-state index in [0.717, 1.165) is 25.7 Å². The highest BCUT2D eigenvalue weighted by Gasteiger charge is 2.21. The van der Waals surface area contributed by atoms with Crippen LogP contribution in [0.3, 0.4) is 0 Å². The van der Waals surface area contributed by atoms with Gasteiger partial charge in [-0.2, -0.15) is 0 Å². The third-order valence-electron chi connectivity index (χ3n) is 4.31. The summed E-state index contributed by atoms with van der Waals surface area (Å²) in [6, 6.07) is 6.78. The Labute approximate surface area is 160 Å². The summed E-state index contributed by atoms with van der Waals surface area (Å²) in [7, 11) is 0. The maximum atomic E-state index is 12.6. The summed E-state index contributed by atoms with van der Waals surface area (Å²) >= 11 is 1.17. The molecule has 0 bridgehead atoms. The van der Waals surface area contributed by atoms with Crippen molar-refractivity contribution in [1.29, 1.82) is 0 Å². The number of carbonyl (C=O) groups is 3. The van der Waals surface area contributed by atoms with E-state index in [1.165, 1.54) is 17.8 Å². The molecule has 142 valence electrons. The first kappa shape index (κ1) is 19.0. The van der Waals surface area contributed by atoms with Gasteiger partial charge in [0, 0.05) is 6.04 Å². The third kappa shape index (κ3) is 5.10. The lowest BCUT2D eigenvalue weighted by Crippen LogP contribution is -2.37. The first-order valence-electron chi connectivity index (χ1n) is 8.85. The molecule has 0 saturated heterocycles. The van der Waals surface area contributed by atoms with Gasteiger partial charge in [0.2, 0.25) is 5.13 Å². The summed E-state index contributed by atoms with van der Waals surface area (Å²) in [6.07, 6.45) is 5.33. The Hall–Kier alpha value is -2.81. The molecule has 1 heterocycles. The molecule has 27 heavy (non-hydrogen) atoms. The zero-order chi connectivity index (χ0) is 19.2. The van der Waals surface area contributed by atoms with Crippen LogP contribution in [0, 0.1) is 6.92 Å². The first-order chi connectivity index (χ1) is 13.0. The second kappa shape index (κ2) is 8.72. The molecule has 1 aliphatic rings. The number of benzene rings is 1. The molecule has 0 aliphatic heterocycles. The van der Waals surface area contributed by atoms with E-state index in [0.29, 0.717) is 16.3 Å². The number of carbonyl (C=O) groups excluding carboxylic acids is 3. The van der Waals surface area contributed by atoms with Crippen molar-refractivity contribution in [2.24, 2.45) is 0 Å². The monoisotopic (exact) mass is 387 g/mol. The van der Waals surface area contributed by atoms with Gasteiger partial charge in [-0.15, -0.1) is 10.2 Å². The molecule has 8 nitrogen and oxygen atoms in total. The second-order valence-electron chi connectivity index (χ2n) is 6.39. The fourth-order valence-electron chi connectivity index (χ4n) is 2.98. The second-order valence-corrected chi connectivity index (χ2v) is 7.57. The zero-order valence-electron chi connectivity index (χ0n) is 14.9. The van der Waals surface area contributed by atoms with Crippen LogP contribution in [0.15, 0.2) is 24.3 Å². The number of aromatic nitrogens is 2. The van der Waals surface area contributed by atoms with E-state index in [9.17, 15) is 14.4 Å². The first-order valence-corrected chi connectivity index (χ1v) is 9.67. The average Bonchev–Trinajstić information content (AvgIpc) is 3.07. The minimum absolute atomic E-state index is 0.152. The fourth-order valence-corrected chi connectivity index (χ4v) is 3.57. The number of anilines is 2. The molecular weight excluding hydrogens is 366 g/mol. The van der Waals surface area contributed by atoms with E-state index in [1.54, 1.807) is 31.2 Å². The van der Waals surface area contributed by atoms with Crippen molar-refractivity contribution in [2.75, 3.05) is 10.6 Å². The number of hydrogen-bond donors (Lipinski definition) is 3. The van der Waals surface area contributed by atoms with E-state index < -0.39 is 11.8 Å². The van der Waals surface area contributed by atoms with Crippen molar-refractivity contribution in [3.63, 3.8) is 0 Å². The minimum Gasteiger partial charge on any atom is -0.349 e. The molecular formula is C18H21N5O3S. The van der Waals surface area contributed by atoms with Crippen LogP contribution in [0.4, 0.5) is 10.8 Å². The van der Waals surface area contributed by atoms with Crippen LogP contribution in [-0.2, 0) is 9.59 Å². The van der Waals surface area contributed by atoms with E-state index in [4.69, 9.17) is 0 Å². The van der Waals surface area contributed by atoms with Crippen LogP contribution in [0.2, 0.25) is 0 Å². The standard InChI is InChI=1S/C18H21N5O3S/c1-11-22-23-18(27-11)21-17(26)16(25)20-14-10-6-5-9-13(14)15(24)19-12-7-3-2-4-8-12/h5-6,9-10,12H,2-4,7-8H2,1H3,(H,19,24)(H,20,25)(H,21,23,26). The van der Waals surface area contributed by atoms with Gasteiger partial charge in [-0.3, -0.25) is 19.7 Å². The van der Waals surface area contributed by atoms with Crippen molar-refractivity contribution >= 4 is 39.9 Å². The molecule has 3 rings (SSSR count). The Bertz CT molecular complexity index is 845. The average molecular weight is 387 g/mol. The van der Waals surface area contributed by atoms with Crippen LogP contribution in [0.25, 0.3) is 0 Å². The number of nitrogens with zero attached hydrogens (tertiary/aromatic N) is 2. The van der Waals surface area contributed by atoms with E-state index in [1.807, 2.05) is 0 Å². The number of hydrogen-bond acceptors (Lipinski definition) is 6. The normalized spacial score (nSPS) is 14.4. The summed E-state index contributed by atoms with van der Waals surface area (Å²) in [5, 5.41) is 16.3. The quantitative estimate of drug-likeness (QED) is 0.698. The van der Waals surface area contributed by atoms with Crippen molar-refractivity contribution in [3.8, 4) is 0 Å². The predicted molar refractivity (Wildman–Crippen MR) is 103 cm³/mol. The Morgan fingerprint density at radius 1 is 1.00 bits per heavy atom. The zero-order valence-corrected chi connectivity index (χ0v) is 15.8. The molecule has 0 radical (unpaired) electrons. The Kier molecular flexibility index (Phi) is 6.12. The van der Waals surface area contributed by atoms with Gasteiger partial charge in [-0.1, -0.05) is 42.7 Å². The van der Waals surface area contributed by atoms with Gasteiger partial charge in [0.1, 0.15) is 5.01 Å². The van der Waals surface area contributed by atoms with E-state index >= 15 is 0 Å². The third-order valence-corrected chi connectivity index (χ3v) is 5.07. The minimum atomic E-state index is -0.874. The van der Waals surface area contributed by atoms with Crippen LogP contribution < -0.4 is 16.0 Å². The van der Waals surface area contributed by atoms with Crippen molar-refractivity contribution in [1.82, 2.24) is 15.5 Å². The van der Waals surface area contributed by atoms with Gasteiger partial charge >= 0.3 is 11.8 Å². The Morgan fingerprint density at radius 3 is 2.41 bits per heavy atom. The number of amides is 3. The molecule has 1 aromatic carbocycles. The summed E-state index contributed by atoms with van der Waals surface area (Å²) in [4.78, 5) is 36.8. The largest absolute Gasteiger partial charge is 0.349 e. The molecule has 1 fully saturated rings. The lowest BCUT2D eigenvalue weighted by Gasteiger charge is -2.23. The molecule has 2 aromatic rings. The lowest BCUT2D eigenvalue weighted by molar-refractivity contribution is -0.133. The van der Waals surface area contributed by atoms with Gasteiger partial charge < -0.3 is 10.6 Å². The highest BCUT2D eigenvalue weighted by molar-refractivity contribution is 7.15. The van der Waals surface area contributed by atoms with Crippen LogP contribution in [0.5, 0.6) is 0 Å². The van der Waals surface area contributed by atoms with Crippen LogP contribution in [0.1, 0.15) is 47.5 Å². The summed E-state index contributed by atoms with van der Waals surface area (Å²) in [6.45, 7) is 1.74. The van der Waals surface area contributed by atoms with E-state index in [-0.39, 0.29) is 17.1 Å². The molecule has 1 aliphatic carbocycles. The molecule has 1 aromatic heterocycles. The smallest absolute Gasteiger partial charge is 0.315 e. The maximum Gasteiger partial charge on any atom is 0.315 e.